The standard InChI is InChI=1S/C35H30ClN5O/c1-24(27-10-14-32(39-3)15-11-27)40-18-19-41(35(23-40)29-8-12-31(36)13-9-29)34-17-16-33(20-30(34)22-38)42-25(2)28-6-4-26(21-37)5-7-28/h4-17,20,24-25,35H,18-19,23H2,1-2H3/t24-,25-,35+/m1/s1. The molecule has 0 N–H and O–H groups in total. The van der Waals surface area contributed by atoms with Crippen molar-refractivity contribution in [3.63, 3.8) is 0 Å². The molecule has 0 amide bonds. The predicted molar refractivity (Wildman–Crippen MR) is 166 cm³/mol. The van der Waals surface area contributed by atoms with E-state index in [9.17, 15) is 5.26 Å². The van der Waals surface area contributed by atoms with Gasteiger partial charge < -0.3 is 9.64 Å². The van der Waals surface area contributed by atoms with E-state index in [2.05, 4.69) is 45.8 Å². The number of hydrogen-bond acceptors (Lipinski definition) is 5. The molecule has 7 heteroatoms. The largest absolute Gasteiger partial charge is 0.486 e. The molecule has 0 saturated carbocycles. The summed E-state index contributed by atoms with van der Waals surface area (Å²) in [5, 5.41) is 20.0. The second-order valence-corrected chi connectivity index (χ2v) is 10.9. The molecule has 0 bridgehead atoms. The van der Waals surface area contributed by atoms with Gasteiger partial charge in [0, 0.05) is 36.8 Å². The molecule has 42 heavy (non-hydrogen) atoms. The number of nitrogens with zero attached hydrogens (tertiary/aromatic N) is 5. The fourth-order valence-electron chi connectivity index (χ4n) is 5.48. The van der Waals surface area contributed by atoms with Crippen molar-refractivity contribution in [2.24, 2.45) is 0 Å². The van der Waals surface area contributed by atoms with Gasteiger partial charge in [0.15, 0.2) is 5.69 Å². The van der Waals surface area contributed by atoms with Gasteiger partial charge in [-0.3, -0.25) is 4.90 Å². The van der Waals surface area contributed by atoms with Gasteiger partial charge in [0.05, 0.1) is 35.5 Å². The SMILES string of the molecule is [C-]#[N+]c1ccc([C@@H](C)N2CCN(c3ccc(O[C@H](C)c4ccc(C#N)cc4)cc3C#N)[C@H](c3ccc(Cl)cc3)C2)cc1. The quantitative estimate of drug-likeness (QED) is 0.208. The van der Waals surface area contributed by atoms with E-state index in [4.69, 9.17) is 28.2 Å². The van der Waals surface area contributed by atoms with Crippen LogP contribution in [0.1, 0.15) is 59.9 Å². The van der Waals surface area contributed by atoms with E-state index >= 15 is 0 Å². The Balaban J connectivity index is 1.41. The van der Waals surface area contributed by atoms with Crippen LogP contribution >= 0.6 is 11.6 Å². The number of rotatable bonds is 7. The first-order valence-corrected chi connectivity index (χ1v) is 14.2. The van der Waals surface area contributed by atoms with E-state index < -0.39 is 0 Å². The zero-order chi connectivity index (χ0) is 29.6. The number of nitriles is 2. The predicted octanol–water partition coefficient (Wildman–Crippen LogP) is 8.40. The molecule has 0 radical (unpaired) electrons. The van der Waals surface area contributed by atoms with Crippen LogP contribution < -0.4 is 9.64 Å². The topological polar surface area (TPSA) is 67.7 Å². The first kappa shape index (κ1) is 28.7. The lowest BCUT2D eigenvalue weighted by Crippen LogP contribution is -2.49. The van der Waals surface area contributed by atoms with Gasteiger partial charge in [-0.1, -0.05) is 60.1 Å². The zero-order valence-electron chi connectivity index (χ0n) is 23.5. The minimum atomic E-state index is -0.245. The second-order valence-electron chi connectivity index (χ2n) is 10.4. The highest BCUT2D eigenvalue weighted by Crippen LogP contribution is 2.38. The average Bonchev–Trinajstić information content (AvgIpc) is 3.04. The minimum absolute atomic E-state index is 0.00239. The van der Waals surface area contributed by atoms with Crippen molar-refractivity contribution in [1.29, 1.82) is 10.5 Å². The highest BCUT2D eigenvalue weighted by Gasteiger charge is 2.32. The minimum Gasteiger partial charge on any atom is -0.486 e. The lowest BCUT2D eigenvalue weighted by molar-refractivity contribution is 0.171. The van der Waals surface area contributed by atoms with Crippen LogP contribution in [0.5, 0.6) is 5.75 Å². The van der Waals surface area contributed by atoms with Crippen molar-refractivity contribution in [1.82, 2.24) is 4.90 Å². The Hall–Kier alpha value is -4.80. The average molecular weight is 572 g/mol. The number of benzene rings is 4. The van der Waals surface area contributed by atoms with Crippen molar-refractivity contribution in [2.75, 3.05) is 24.5 Å². The lowest BCUT2D eigenvalue weighted by atomic mass is 9.97. The van der Waals surface area contributed by atoms with Gasteiger partial charge in [0.2, 0.25) is 0 Å². The molecule has 6 nitrogen and oxygen atoms in total. The van der Waals surface area contributed by atoms with E-state index in [1.165, 1.54) is 5.56 Å². The van der Waals surface area contributed by atoms with E-state index in [0.29, 0.717) is 27.6 Å². The Morgan fingerprint density at radius 2 is 1.57 bits per heavy atom. The Bertz CT molecular complexity index is 1660. The Labute approximate surface area is 252 Å². The normalized spacial score (nSPS) is 16.5. The van der Waals surface area contributed by atoms with Gasteiger partial charge in [0.25, 0.3) is 0 Å². The van der Waals surface area contributed by atoms with Gasteiger partial charge >= 0.3 is 0 Å². The smallest absolute Gasteiger partial charge is 0.187 e. The van der Waals surface area contributed by atoms with Crippen LogP contribution in [0.2, 0.25) is 5.02 Å². The van der Waals surface area contributed by atoms with Gasteiger partial charge in [-0.25, -0.2) is 4.85 Å². The first-order valence-electron chi connectivity index (χ1n) is 13.8. The number of ether oxygens (including phenoxy) is 1. The van der Waals surface area contributed by atoms with Gasteiger partial charge in [-0.15, -0.1) is 0 Å². The van der Waals surface area contributed by atoms with E-state index in [1.54, 1.807) is 12.1 Å². The molecule has 5 rings (SSSR count). The molecular weight excluding hydrogens is 542 g/mol. The summed E-state index contributed by atoms with van der Waals surface area (Å²) in [4.78, 5) is 8.28. The number of halogens is 1. The van der Waals surface area contributed by atoms with Crippen LogP contribution in [0.4, 0.5) is 11.4 Å². The molecule has 1 saturated heterocycles. The van der Waals surface area contributed by atoms with Crippen molar-refractivity contribution >= 4 is 23.0 Å². The van der Waals surface area contributed by atoms with Gasteiger partial charge in [0.1, 0.15) is 17.9 Å². The molecule has 3 atom stereocenters. The lowest BCUT2D eigenvalue weighted by Gasteiger charge is -2.45. The molecule has 1 fully saturated rings. The monoisotopic (exact) mass is 571 g/mol. The summed E-state index contributed by atoms with van der Waals surface area (Å²) in [5.74, 6) is 0.616. The van der Waals surface area contributed by atoms with E-state index in [-0.39, 0.29) is 18.2 Å². The summed E-state index contributed by atoms with van der Waals surface area (Å²) in [6, 6.07) is 33.5. The summed E-state index contributed by atoms with van der Waals surface area (Å²) < 4.78 is 6.20. The maximum atomic E-state index is 10.2. The van der Waals surface area contributed by atoms with Crippen molar-refractivity contribution < 1.29 is 4.74 Å². The Morgan fingerprint density at radius 3 is 2.21 bits per heavy atom. The molecule has 208 valence electrons. The number of anilines is 1. The van der Waals surface area contributed by atoms with Crippen molar-refractivity contribution in [3.05, 3.63) is 135 Å². The fourth-order valence-corrected chi connectivity index (χ4v) is 5.61. The maximum absolute atomic E-state index is 10.2. The Kier molecular flexibility index (Phi) is 8.75. The summed E-state index contributed by atoms with van der Waals surface area (Å²) in [5.41, 5.74) is 5.90. The summed E-state index contributed by atoms with van der Waals surface area (Å²) >= 11 is 6.24. The summed E-state index contributed by atoms with van der Waals surface area (Å²) in [7, 11) is 0. The van der Waals surface area contributed by atoms with Crippen LogP contribution in [-0.2, 0) is 0 Å². The zero-order valence-corrected chi connectivity index (χ0v) is 24.3. The van der Waals surface area contributed by atoms with Gasteiger partial charge in [-0.05, 0) is 66.9 Å². The summed E-state index contributed by atoms with van der Waals surface area (Å²) in [6.07, 6.45) is -0.245. The molecule has 0 spiro atoms. The third kappa shape index (κ3) is 6.24. The molecule has 4 aromatic rings. The number of piperazine rings is 1. The molecule has 4 aromatic carbocycles. The van der Waals surface area contributed by atoms with Crippen molar-refractivity contribution in [3.8, 4) is 17.9 Å². The van der Waals surface area contributed by atoms with Crippen LogP contribution in [0, 0.1) is 29.2 Å². The maximum Gasteiger partial charge on any atom is 0.187 e. The highest BCUT2D eigenvalue weighted by molar-refractivity contribution is 6.30. The highest BCUT2D eigenvalue weighted by atomic mass is 35.5. The first-order chi connectivity index (χ1) is 20.4. The Morgan fingerprint density at radius 1 is 0.881 bits per heavy atom. The number of hydrogen-bond donors (Lipinski definition) is 0. The third-order valence-corrected chi connectivity index (χ3v) is 8.19. The molecule has 1 heterocycles. The van der Waals surface area contributed by atoms with E-state index in [0.717, 1.165) is 36.4 Å². The van der Waals surface area contributed by atoms with Crippen molar-refractivity contribution in [2.45, 2.75) is 32.0 Å². The molecule has 0 aromatic heterocycles. The second kappa shape index (κ2) is 12.8. The molecular formula is C35H30ClN5O. The van der Waals surface area contributed by atoms with Crippen LogP contribution in [-0.4, -0.2) is 24.5 Å². The third-order valence-electron chi connectivity index (χ3n) is 7.94. The van der Waals surface area contributed by atoms with Crippen LogP contribution in [0.15, 0.2) is 91.0 Å². The van der Waals surface area contributed by atoms with E-state index in [1.807, 2.05) is 73.7 Å². The molecule has 0 aliphatic carbocycles. The molecule has 1 aliphatic heterocycles. The summed E-state index contributed by atoms with van der Waals surface area (Å²) in [6.45, 7) is 13.7. The van der Waals surface area contributed by atoms with Crippen LogP contribution in [0.3, 0.4) is 0 Å². The van der Waals surface area contributed by atoms with Gasteiger partial charge in [-0.2, -0.15) is 10.5 Å². The van der Waals surface area contributed by atoms with Crippen LogP contribution in [0.25, 0.3) is 4.85 Å². The fraction of sp³-hybridized carbons (Fsp3) is 0.229. The molecule has 1 aliphatic rings. The molecule has 0 unspecified atom stereocenters.